The lowest BCUT2D eigenvalue weighted by atomic mass is 9.91. The molecule has 1 fully saturated rings. The van der Waals surface area contributed by atoms with Crippen LogP contribution in [0.25, 0.3) is 11.1 Å². The number of halogens is 4. The molecule has 3 N–H and O–H groups in total. The molecule has 1 saturated carbocycles. The number of hydrogen-bond acceptors (Lipinski definition) is 2. The molecule has 2 aromatic carbocycles. The number of rotatable bonds is 3. The van der Waals surface area contributed by atoms with E-state index in [4.69, 9.17) is 5.73 Å². The van der Waals surface area contributed by atoms with Crippen LogP contribution in [0.5, 0.6) is 0 Å². The number of benzene rings is 2. The Morgan fingerprint density at radius 1 is 0.963 bits per heavy atom. The summed E-state index contributed by atoms with van der Waals surface area (Å²) in [5.41, 5.74) is 6.84. The van der Waals surface area contributed by atoms with Crippen LogP contribution < -0.4 is 11.1 Å². The number of nitrogens with two attached hydrogens (primary N) is 1. The highest BCUT2D eigenvalue weighted by Gasteiger charge is 2.30. The molecular formula is C20H22ClF3N2O. The van der Waals surface area contributed by atoms with Crippen molar-refractivity contribution >= 4 is 18.3 Å². The normalized spacial score (nSPS) is 19.9. The molecule has 3 rings (SSSR count). The van der Waals surface area contributed by atoms with Crippen LogP contribution in [0.15, 0.2) is 48.5 Å². The third-order valence-corrected chi connectivity index (χ3v) is 4.80. The van der Waals surface area contributed by atoms with Gasteiger partial charge in [-0.1, -0.05) is 30.3 Å². The summed E-state index contributed by atoms with van der Waals surface area (Å²) >= 11 is 0. The first-order chi connectivity index (χ1) is 12.3. The van der Waals surface area contributed by atoms with Crippen LogP contribution in [0.4, 0.5) is 13.2 Å². The maximum absolute atomic E-state index is 12.7. The molecule has 27 heavy (non-hydrogen) atoms. The van der Waals surface area contributed by atoms with Crippen LogP contribution in [0.3, 0.4) is 0 Å². The third-order valence-electron chi connectivity index (χ3n) is 4.80. The molecule has 0 spiro atoms. The Morgan fingerprint density at radius 2 is 1.56 bits per heavy atom. The molecule has 0 atom stereocenters. The molecule has 0 heterocycles. The minimum absolute atomic E-state index is 0. The largest absolute Gasteiger partial charge is 0.416 e. The van der Waals surface area contributed by atoms with E-state index in [1.165, 1.54) is 12.1 Å². The second-order valence-corrected chi connectivity index (χ2v) is 6.71. The molecule has 3 nitrogen and oxygen atoms in total. The van der Waals surface area contributed by atoms with Gasteiger partial charge in [-0.2, -0.15) is 13.2 Å². The molecule has 1 amide bonds. The van der Waals surface area contributed by atoms with Crippen LogP contribution in [0, 0.1) is 0 Å². The van der Waals surface area contributed by atoms with E-state index < -0.39 is 11.7 Å². The number of carbonyl (C=O) groups excluding carboxylic acids is 1. The molecule has 0 radical (unpaired) electrons. The van der Waals surface area contributed by atoms with Crippen molar-refractivity contribution in [2.75, 3.05) is 0 Å². The summed E-state index contributed by atoms with van der Waals surface area (Å²) in [6.07, 6.45) is -0.932. The molecule has 7 heteroatoms. The molecule has 2 aromatic rings. The van der Waals surface area contributed by atoms with Crippen molar-refractivity contribution in [3.8, 4) is 11.1 Å². The van der Waals surface area contributed by atoms with Crippen LogP contribution >= 0.6 is 12.4 Å². The highest BCUT2D eigenvalue weighted by molar-refractivity contribution is 6.01. The van der Waals surface area contributed by atoms with Gasteiger partial charge >= 0.3 is 6.18 Å². The van der Waals surface area contributed by atoms with Crippen molar-refractivity contribution in [1.29, 1.82) is 0 Å². The maximum Gasteiger partial charge on any atom is 0.416 e. The number of alkyl halides is 3. The number of nitrogens with one attached hydrogen (secondary N) is 1. The predicted molar refractivity (Wildman–Crippen MR) is 102 cm³/mol. The number of amides is 1. The molecule has 0 saturated heterocycles. The van der Waals surface area contributed by atoms with Gasteiger partial charge in [-0.15, -0.1) is 12.4 Å². The lowest BCUT2D eigenvalue weighted by molar-refractivity contribution is -0.137. The second-order valence-electron chi connectivity index (χ2n) is 6.71. The Balaban J connectivity index is 0.00000261. The van der Waals surface area contributed by atoms with Gasteiger partial charge in [-0.05, 0) is 55.0 Å². The molecule has 0 unspecified atom stereocenters. The van der Waals surface area contributed by atoms with Crippen molar-refractivity contribution in [3.63, 3.8) is 0 Å². The summed E-state index contributed by atoms with van der Waals surface area (Å²) in [5, 5.41) is 3.03. The zero-order chi connectivity index (χ0) is 18.7. The average Bonchev–Trinajstić information content (AvgIpc) is 2.63. The summed E-state index contributed by atoms with van der Waals surface area (Å²) in [4.78, 5) is 12.7. The first kappa shape index (κ1) is 21.3. The van der Waals surface area contributed by atoms with Crippen molar-refractivity contribution < 1.29 is 18.0 Å². The Labute approximate surface area is 162 Å². The van der Waals surface area contributed by atoms with E-state index in [2.05, 4.69) is 5.32 Å². The van der Waals surface area contributed by atoms with Crippen LogP contribution in [-0.4, -0.2) is 18.0 Å². The lowest BCUT2D eigenvalue weighted by Crippen LogP contribution is -2.40. The topological polar surface area (TPSA) is 55.1 Å². The van der Waals surface area contributed by atoms with E-state index in [0.717, 1.165) is 37.8 Å². The highest BCUT2D eigenvalue weighted by atomic mass is 35.5. The van der Waals surface area contributed by atoms with Crippen molar-refractivity contribution in [1.82, 2.24) is 5.32 Å². The molecule has 0 aliphatic heterocycles. The van der Waals surface area contributed by atoms with Crippen LogP contribution in [0.2, 0.25) is 0 Å². The quantitative estimate of drug-likeness (QED) is 0.780. The lowest BCUT2D eigenvalue weighted by Gasteiger charge is -2.27. The Hall–Kier alpha value is -2.05. The number of hydrogen-bond donors (Lipinski definition) is 2. The van der Waals surface area contributed by atoms with Crippen molar-refractivity contribution in [2.24, 2.45) is 5.73 Å². The molecule has 1 aliphatic rings. The van der Waals surface area contributed by atoms with Crippen molar-refractivity contribution in [2.45, 2.75) is 43.9 Å². The molecule has 0 aromatic heterocycles. The summed E-state index contributed by atoms with van der Waals surface area (Å²) in [6.45, 7) is 0. The minimum atomic E-state index is -4.38. The second kappa shape index (κ2) is 8.76. The predicted octanol–water partition coefficient (Wildman–Crippen LogP) is 4.79. The monoisotopic (exact) mass is 398 g/mol. The first-order valence-electron chi connectivity index (χ1n) is 8.67. The minimum Gasteiger partial charge on any atom is -0.349 e. The van der Waals surface area contributed by atoms with Gasteiger partial charge in [0.2, 0.25) is 0 Å². The third kappa shape index (κ3) is 5.23. The summed E-state index contributed by atoms with van der Waals surface area (Å²) in [6, 6.07) is 12.1. The summed E-state index contributed by atoms with van der Waals surface area (Å²) in [7, 11) is 0. The zero-order valence-electron chi connectivity index (χ0n) is 14.6. The first-order valence-corrected chi connectivity index (χ1v) is 8.67. The summed E-state index contributed by atoms with van der Waals surface area (Å²) < 4.78 is 38.2. The van der Waals surface area contributed by atoms with Gasteiger partial charge in [0.15, 0.2) is 0 Å². The van der Waals surface area contributed by atoms with E-state index in [9.17, 15) is 18.0 Å². The maximum atomic E-state index is 12.7. The van der Waals surface area contributed by atoms with Gasteiger partial charge in [-0.25, -0.2) is 0 Å². The SMILES string of the molecule is Cl.NC1CCC(NC(=O)c2ccccc2-c2ccc(C(F)(F)F)cc2)CC1. The highest BCUT2D eigenvalue weighted by Crippen LogP contribution is 2.32. The fraction of sp³-hybridized carbons (Fsp3) is 0.350. The van der Waals surface area contributed by atoms with Gasteiger partial charge in [0.25, 0.3) is 5.91 Å². The van der Waals surface area contributed by atoms with E-state index in [-0.39, 0.29) is 30.4 Å². The van der Waals surface area contributed by atoms with E-state index >= 15 is 0 Å². The van der Waals surface area contributed by atoms with Gasteiger partial charge in [0, 0.05) is 17.6 Å². The molecule has 146 valence electrons. The Bertz CT molecular complexity index is 770. The standard InChI is InChI=1S/C20H21F3N2O.ClH/c21-20(22,23)14-7-5-13(6-8-14)17-3-1-2-4-18(17)19(26)25-16-11-9-15(24)10-12-16;/h1-8,15-16H,9-12,24H2,(H,25,26);1H. The summed E-state index contributed by atoms with van der Waals surface area (Å²) in [5.74, 6) is -0.207. The Morgan fingerprint density at radius 3 is 2.15 bits per heavy atom. The average molecular weight is 399 g/mol. The van der Waals surface area contributed by atoms with Crippen LogP contribution in [0.1, 0.15) is 41.6 Å². The van der Waals surface area contributed by atoms with Gasteiger partial charge < -0.3 is 11.1 Å². The zero-order valence-corrected chi connectivity index (χ0v) is 15.4. The fourth-order valence-electron chi connectivity index (χ4n) is 3.30. The van der Waals surface area contributed by atoms with E-state index in [1.54, 1.807) is 24.3 Å². The van der Waals surface area contributed by atoms with Gasteiger partial charge in [0.05, 0.1) is 5.56 Å². The van der Waals surface area contributed by atoms with Crippen LogP contribution in [-0.2, 0) is 6.18 Å². The van der Waals surface area contributed by atoms with Crippen molar-refractivity contribution in [3.05, 3.63) is 59.7 Å². The molecule has 0 bridgehead atoms. The van der Waals surface area contributed by atoms with Gasteiger partial charge in [0.1, 0.15) is 0 Å². The number of carbonyl (C=O) groups is 1. The van der Waals surface area contributed by atoms with E-state index in [1.807, 2.05) is 0 Å². The Kier molecular flexibility index (Phi) is 6.89. The molecule has 1 aliphatic carbocycles. The smallest absolute Gasteiger partial charge is 0.349 e. The molecular weight excluding hydrogens is 377 g/mol. The van der Waals surface area contributed by atoms with E-state index in [0.29, 0.717) is 16.7 Å². The van der Waals surface area contributed by atoms with Gasteiger partial charge in [-0.3, -0.25) is 4.79 Å². The fourth-order valence-corrected chi connectivity index (χ4v) is 3.30.